The van der Waals surface area contributed by atoms with E-state index in [2.05, 4.69) is 27.8 Å². The number of halogens is 1. The van der Waals surface area contributed by atoms with E-state index < -0.39 is 5.97 Å². The molecule has 0 aliphatic carbocycles. The molecule has 1 aromatic rings. The average molecular weight is 255 g/mol. The van der Waals surface area contributed by atoms with Gasteiger partial charge in [-0.25, -0.2) is 4.79 Å². The molecule has 0 heterocycles. The number of hydrogen-bond donors (Lipinski definition) is 2. The molecule has 0 radical (unpaired) electrons. The predicted molar refractivity (Wildman–Crippen MR) is 55.7 cm³/mol. The van der Waals surface area contributed by atoms with Gasteiger partial charge in [0, 0.05) is 5.56 Å². The van der Waals surface area contributed by atoms with Crippen LogP contribution in [0.3, 0.4) is 0 Å². The molecule has 0 fully saturated rings. The molecule has 0 aliphatic rings. The number of hydrogen-bond acceptors (Lipinski definition) is 2. The smallest absolute Gasteiger partial charge is 0.339 e. The fourth-order valence-corrected chi connectivity index (χ4v) is 1.06. The zero-order chi connectivity index (χ0) is 10.6. The lowest BCUT2D eigenvalue weighted by molar-refractivity contribution is 0.0693. The summed E-state index contributed by atoms with van der Waals surface area (Å²) in [7, 11) is 0. The van der Waals surface area contributed by atoms with E-state index in [-0.39, 0.29) is 11.3 Å². The molecule has 4 heteroatoms. The number of phenols is 1. The summed E-state index contributed by atoms with van der Waals surface area (Å²) in [5.41, 5.74) is 0.436. The van der Waals surface area contributed by atoms with Gasteiger partial charge in [0.1, 0.15) is 11.3 Å². The maximum absolute atomic E-state index is 10.6. The van der Waals surface area contributed by atoms with Crippen molar-refractivity contribution in [2.24, 2.45) is 0 Å². The van der Waals surface area contributed by atoms with Crippen molar-refractivity contribution in [3.8, 4) is 17.6 Å². The van der Waals surface area contributed by atoms with Crippen LogP contribution in [0.15, 0.2) is 18.2 Å². The molecular formula is C10H7BrO3. The SMILES string of the molecule is O=C(O)c1cc(C#CCBr)ccc1O. The van der Waals surface area contributed by atoms with Gasteiger partial charge in [0.2, 0.25) is 0 Å². The normalized spacial score (nSPS) is 8.93. The Labute approximate surface area is 89.5 Å². The van der Waals surface area contributed by atoms with Crippen LogP contribution in [-0.2, 0) is 0 Å². The van der Waals surface area contributed by atoms with Gasteiger partial charge in [-0.1, -0.05) is 27.8 Å². The van der Waals surface area contributed by atoms with Gasteiger partial charge in [-0.15, -0.1) is 0 Å². The predicted octanol–water partition coefficient (Wildman–Crippen LogP) is 1.84. The van der Waals surface area contributed by atoms with E-state index in [0.29, 0.717) is 10.9 Å². The van der Waals surface area contributed by atoms with E-state index >= 15 is 0 Å². The molecule has 0 amide bonds. The van der Waals surface area contributed by atoms with Gasteiger partial charge in [0.05, 0.1) is 5.33 Å². The lowest BCUT2D eigenvalue weighted by Crippen LogP contribution is -1.97. The first-order valence-corrected chi connectivity index (χ1v) is 4.88. The van der Waals surface area contributed by atoms with Gasteiger partial charge >= 0.3 is 5.97 Å². The zero-order valence-electron chi connectivity index (χ0n) is 7.12. The second-order valence-electron chi connectivity index (χ2n) is 2.47. The number of alkyl halides is 1. The molecule has 0 spiro atoms. The number of benzene rings is 1. The third-order valence-electron chi connectivity index (χ3n) is 1.53. The molecule has 72 valence electrons. The van der Waals surface area contributed by atoms with Crippen LogP contribution in [0, 0.1) is 11.8 Å². The van der Waals surface area contributed by atoms with Gasteiger partial charge in [0.25, 0.3) is 0 Å². The molecule has 0 unspecified atom stereocenters. The summed E-state index contributed by atoms with van der Waals surface area (Å²) in [6.07, 6.45) is 0. The van der Waals surface area contributed by atoms with E-state index in [4.69, 9.17) is 5.11 Å². The molecule has 3 nitrogen and oxygen atoms in total. The van der Waals surface area contributed by atoms with E-state index in [1.165, 1.54) is 12.1 Å². The van der Waals surface area contributed by atoms with Gasteiger partial charge in [0.15, 0.2) is 0 Å². The molecular weight excluding hydrogens is 248 g/mol. The summed E-state index contributed by atoms with van der Waals surface area (Å²) in [5.74, 6) is 4.08. The highest BCUT2D eigenvalue weighted by Crippen LogP contribution is 2.17. The summed E-state index contributed by atoms with van der Waals surface area (Å²) in [4.78, 5) is 10.6. The van der Waals surface area contributed by atoms with E-state index in [0.717, 1.165) is 0 Å². The Morgan fingerprint density at radius 2 is 2.21 bits per heavy atom. The molecule has 0 saturated heterocycles. The third kappa shape index (κ3) is 2.51. The van der Waals surface area contributed by atoms with Crippen LogP contribution < -0.4 is 0 Å². The standard InChI is InChI=1S/C10H7BrO3/c11-5-1-2-7-3-4-9(12)8(6-7)10(13)14/h3-4,6,12H,5H2,(H,13,14). The summed E-state index contributed by atoms with van der Waals surface area (Å²) in [6, 6.07) is 4.23. The van der Waals surface area contributed by atoms with Gasteiger partial charge < -0.3 is 10.2 Å². The minimum Gasteiger partial charge on any atom is -0.507 e. The number of rotatable bonds is 1. The van der Waals surface area contributed by atoms with Crippen molar-refractivity contribution < 1.29 is 15.0 Å². The summed E-state index contributed by atoms with van der Waals surface area (Å²) in [6.45, 7) is 0. The third-order valence-corrected chi connectivity index (χ3v) is 1.81. The Bertz CT molecular complexity index is 415. The summed E-state index contributed by atoms with van der Waals surface area (Å²) >= 11 is 3.13. The van der Waals surface area contributed by atoms with Gasteiger partial charge in [-0.05, 0) is 18.2 Å². The summed E-state index contributed by atoms with van der Waals surface area (Å²) < 4.78 is 0. The first-order chi connectivity index (χ1) is 6.65. The van der Waals surface area contributed by atoms with Crippen molar-refractivity contribution in [2.75, 3.05) is 5.33 Å². The van der Waals surface area contributed by atoms with Crippen LogP contribution in [0.4, 0.5) is 0 Å². The van der Waals surface area contributed by atoms with Crippen molar-refractivity contribution in [1.82, 2.24) is 0 Å². The lowest BCUT2D eigenvalue weighted by atomic mass is 10.1. The quantitative estimate of drug-likeness (QED) is 0.594. The topological polar surface area (TPSA) is 57.5 Å². The highest BCUT2D eigenvalue weighted by atomic mass is 79.9. The number of aromatic carboxylic acids is 1. The highest BCUT2D eigenvalue weighted by molar-refractivity contribution is 9.09. The number of carbonyl (C=O) groups is 1. The van der Waals surface area contributed by atoms with E-state index in [1.54, 1.807) is 6.07 Å². The fourth-order valence-electron chi connectivity index (χ4n) is 0.921. The van der Waals surface area contributed by atoms with Crippen molar-refractivity contribution in [1.29, 1.82) is 0 Å². The van der Waals surface area contributed by atoms with Crippen molar-refractivity contribution in [2.45, 2.75) is 0 Å². The van der Waals surface area contributed by atoms with Crippen LogP contribution >= 0.6 is 15.9 Å². The van der Waals surface area contributed by atoms with Crippen LogP contribution in [0.5, 0.6) is 5.75 Å². The minimum absolute atomic E-state index is 0.133. The Kier molecular flexibility index (Phi) is 3.55. The Hall–Kier alpha value is -1.47. The molecule has 14 heavy (non-hydrogen) atoms. The number of carboxylic acids is 1. The first-order valence-electron chi connectivity index (χ1n) is 3.76. The fraction of sp³-hybridized carbons (Fsp3) is 0.100. The van der Waals surface area contributed by atoms with Crippen molar-refractivity contribution in [3.63, 3.8) is 0 Å². The van der Waals surface area contributed by atoms with Crippen LogP contribution in [0.1, 0.15) is 15.9 Å². The molecule has 0 aromatic heterocycles. The summed E-state index contributed by atoms with van der Waals surface area (Å²) in [5, 5.41) is 18.4. The number of carboxylic acid groups (broad SMARTS) is 1. The molecule has 0 atom stereocenters. The van der Waals surface area contributed by atoms with Crippen LogP contribution in [0.25, 0.3) is 0 Å². The lowest BCUT2D eigenvalue weighted by Gasteiger charge is -1.98. The second-order valence-corrected chi connectivity index (χ2v) is 3.03. The van der Waals surface area contributed by atoms with Gasteiger partial charge in [-0.3, -0.25) is 0 Å². The van der Waals surface area contributed by atoms with Crippen LogP contribution in [-0.4, -0.2) is 21.5 Å². The highest BCUT2D eigenvalue weighted by Gasteiger charge is 2.08. The molecule has 1 aromatic carbocycles. The molecule has 0 bridgehead atoms. The van der Waals surface area contributed by atoms with Gasteiger partial charge in [-0.2, -0.15) is 0 Å². The average Bonchev–Trinajstić information content (AvgIpc) is 2.16. The van der Waals surface area contributed by atoms with Crippen LogP contribution in [0.2, 0.25) is 0 Å². The molecule has 1 rings (SSSR count). The zero-order valence-corrected chi connectivity index (χ0v) is 8.71. The molecule has 0 aliphatic heterocycles. The Morgan fingerprint density at radius 1 is 1.50 bits per heavy atom. The largest absolute Gasteiger partial charge is 0.507 e. The number of aromatic hydroxyl groups is 1. The monoisotopic (exact) mass is 254 g/mol. The first kappa shape index (κ1) is 10.6. The maximum atomic E-state index is 10.6. The minimum atomic E-state index is -1.16. The Morgan fingerprint density at radius 3 is 2.79 bits per heavy atom. The van der Waals surface area contributed by atoms with E-state index in [9.17, 15) is 9.90 Å². The second kappa shape index (κ2) is 4.68. The molecule has 0 saturated carbocycles. The van der Waals surface area contributed by atoms with Crippen molar-refractivity contribution in [3.05, 3.63) is 29.3 Å². The Balaban J connectivity index is 3.13. The maximum Gasteiger partial charge on any atom is 0.339 e. The van der Waals surface area contributed by atoms with Crippen molar-refractivity contribution >= 4 is 21.9 Å². The van der Waals surface area contributed by atoms with E-state index in [1.807, 2.05) is 0 Å². The molecule has 2 N–H and O–H groups in total.